The SMILES string of the molecule is CC(OC(=O)c1ccc(N(C)C)cc1)C(F)(F)S(=O)(=O)O. The molecule has 1 unspecified atom stereocenters. The third-order valence-corrected chi connectivity index (χ3v) is 3.74. The molecule has 6 nitrogen and oxygen atoms in total. The lowest BCUT2D eigenvalue weighted by atomic mass is 10.2. The summed E-state index contributed by atoms with van der Waals surface area (Å²) in [6.07, 6.45) is -2.33. The fraction of sp³-hybridized carbons (Fsp3) is 0.417. The summed E-state index contributed by atoms with van der Waals surface area (Å²) in [6, 6.07) is 5.86. The van der Waals surface area contributed by atoms with Crippen LogP contribution in [0.15, 0.2) is 24.3 Å². The fourth-order valence-electron chi connectivity index (χ4n) is 1.40. The number of ether oxygens (including phenoxy) is 1. The zero-order valence-electron chi connectivity index (χ0n) is 11.6. The number of anilines is 1. The molecular weight excluding hydrogens is 308 g/mol. The molecule has 1 atom stereocenters. The lowest BCUT2D eigenvalue weighted by Crippen LogP contribution is -2.42. The number of halogens is 2. The predicted octanol–water partition coefficient (Wildman–Crippen LogP) is 1.78. The Bertz CT molecular complexity index is 613. The summed E-state index contributed by atoms with van der Waals surface area (Å²) in [5, 5.41) is -4.58. The zero-order chi connectivity index (χ0) is 16.4. The number of rotatable bonds is 5. The molecule has 9 heteroatoms. The van der Waals surface area contributed by atoms with Crippen molar-refractivity contribution in [2.24, 2.45) is 0 Å². The first-order chi connectivity index (χ1) is 9.46. The van der Waals surface area contributed by atoms with E-state index in [4.69, 9.17) is 4.55 Å². The molecule has 0 saturated carbocycles. The smallest absolute Gasteiger partial charge is 0.405 e. The topological polar surface area (TPSA) is 83.9 Å². The van der Waals surface area contributed by atoms with Crippen molar-refractivity contribution < 1.29 is 31.3 Å². The molecule has 21 heavy (non-hydrogen) atoms. The number of benzene rings is 1. The van der Waals surface area contributed by atoms with Crippen LogP contribution in [0.2, 0.25) is 0 Å². The molecule has 0 amide bonds. The lowest BCUT2D eigenvalue weighted by Gasteiger charge is -2.20. The average Bonchev–Trinajstić information content (AvgIpc) is 2.37. The minimum atomic E-state index is -5.66. The van der Waals surface area contributed by atoms with E-state index in [2.05, 4.69) is 4.74 Å². The molecular formula is C12H15F2NO5S. The molecule has 0 spiro atoms. The molecule has 1 aromatic carbocycles. The molecule has 0 aliphatic rings. The first-order valence-electron chi connectivity index (χ1n) is 5.80. The highest BCUT2D eigenvalue weighted by atomic mass is 32.2. The molecule has 1 N–H and O–H groups in total. The summed E-state index contributed by atoms with van der Waals surface area (Å²) in [6.45, 7) is 0.680. The van der Waals surface area contributed by atoms with E-state index in [1.54, 1.807) is 31.1 Å². The number of esters is 1. The van der Waals surface area contributed by atoms with E-state index in [-0.39, 0.29) is 5.56 Å². The van der Waals surface area contributed by atoms with Gasteiger partial charge in [0, 0.05) is 19.8 Å². The third kappa shape index (κ3) is 3.88. The van der Waals surface area contributed by atoms with E-state index in [9.17, 15) is 22.0 Å². The van der Waals surface area contributed by atoms with Gasteiger partial charge in [-0.1, -0.05) is 0 Å². The van der Waals surface area contributed by atoms with Crippen molar-refractivity contribution >= 4 is 21.8 Å². The zero-order valence-corrected chi connectivity index (χ0v) is 12.4. The Balaban J connectivity index is 2.86. The van der Waals surface area contributed by atoms with Gasteiger partial charge in [0.2, 0.25) is 0 Å². The van der Waals surface area contributed by atoms with Crippen LogP contribution in [-0.4, -0.2) is 44.4 Å². The second kappa shape index (κ2) is 5.94. The Labute approximate surface area is 121 Å². The van der Waals surface area contributed by atoms with E-state index < -0.39 is 27.4 Å². The molecule has 1 rings (SSSR count). The number of hydrogen-bond acceptors (Lipinski definition) is 5. The molecule has 0 fully saturated rings. The van der Waals surface area contributed by atoms with Crippen LogP contribution < -0.4 is 4.90 Å². The molecule has 118 valence electrons. The van der Waals surface area contributed by atoms with E-state index >= 15 is 0 Å². The van der Waals surface area contributed by atoms with Crippen LogP contribution in [0, 0.1) is 0 Å². The number of nitrogens with zero attached hydrogens (tertiary/aromatic N) is 1. The summed E-state index contributed by atoms with van der Waals surface area (Å²) >= 11 is 0. The van der Waals surface area contributed by atoms with Gasteiger partial charge in [-0.3, -0.25) is 4.55 Å². The van der Waals surface area contributed by atoms with E-state index in [0.717, 1.165) is 5.69 Å². The molecule has 0 radical (unpaired) electrons. The van der Waals surface area contributed by atoms with Gasteiger partial charge in [-0.05, 0) is 31.2 Å². The summed E-state index contributed by atoms with van der Waals surface area (Å²) in [5.74, 6) is -1.11. The van der Waals surface area contributed by atoms with Crippen molar-refractivity contribution in [3.8, 4) is 0 Å². The predicted molar refractivity (Wildman–Crippen MR) is 72.1 cm³/mol. The van der Waals surface area contributed by atoms with Crippen LogP contribution >= 0.6 is 0 Å². The quantitative estimate of drug-likeness (QED) is 0.657. The lowest BCUT2D eigenvalue weighted by molar-refractivity contribution is -0.0549. The maximum absolute atomic E-state index is 13.2. The van der Waals surface area contributed by atoms with Gasteiger partial charge >= 0.3 is 21.3 Å². The monoisotopic (exact) mass is 323 g/mol. The number of hydrogen-bond donors (Lipinski definition) is 1. The first kappa shape index (κ1) is 17.3. The molecule has 0 aliphatic heterocycles. The Morgan fingerprint density at radius 3 is 2.14 bits per heavy atom. The number of carbonyl (C=O) groups excluding carboxylic acids is 1. The second-order valence-electron chi connectivity index (χ2n) is 4.53. The van der Waals surface area contributed by atoms with Crippen LogP contribution in [0.1, 0.15) is 17.3 Å². The molecule has 0 bridgehead atoms. The van der Waals surface area contributed by atoms with Gasteiger partial charge in [0.1, 0.15) is 0 Å². The van der Waals surface area contributed by atoms with Crippen LogP contribution in [0.25, 0.3) is 0 Å². The normalized spacial score (nSPS) is 13.6. The fourth-order valence-corrected chi connectivity index (χ4v) is 1.87. The summed E-state index contributed by atoms with van der Waals surface area (Å²) in [5.41, 5.74) is 0.765. The standard InChI is InChI=1S/C12H15F2NO5S/c1-8(12(13,14)21(17,18)19)20-11(16)9-4-6-10(7-5-9)15(2)3/h4-8H,1-3H3,(H,17,18,19). The van der Waals surface area contributed by atoms with Crippen molar-refractivity contribution in [3.05, 3.63) is 29.8 Å². The highest BCUT2D eigenvalue weighted by Gasteiger charge is 2.52. The van der Waals surface area contributed by atoms with E-state index in [0.29, 0.717) is 6.92 Å². The van der Waals surface area contributed by atoms with Gasteiger partial charge in [-0.25, -0.2) is 4.79 Å². The van der Waals surface area contributed by atoms with Crippen molar-refractivity contribution in [1.82, 2.24) is 0 Å². The van der Waals surface area contributed by atoms with Crippen LogP contribution in [0.3, 0.4) is 0 Å². The minimum Gasteiger partial charge on any atom is -0.451 e. The van der Waals surface area contributed by atoms with Crippen LogP contribution in [0.5, 0.6) is 0 Å². The summed E-state index contributed by atoms with van der Waals surface area (Å²) < 4.78 is 60.4. The molecule has 0 aliphatic carbocycles. The first-order valence-corrected chi connectivity index (χ1v) is 7.24. The minimum absolute atomic E-state index is 0.0152. The maximum Gasteiger partial charge on any atom is 0.405 e. The Morgan fingerprint density at radius 1 is 1.29 bits per heavy atom. The van der Waals surface area contributed by atoms with Crippen LogP contribution in [0.4, 0.5) is 14.5 Å². The molecule has 0 aromatic heterocycles. The van der Waals surface area contributed by atoms with Gasteiger partial charge in [-0.2, -0.15) is 17.2 Å². The van der Waals surface area contributed by atoms with Crippen molar-refractivity contribution in [2.75, 3.05) is 19.0 Å². The molecule has 0 saturated heterocycles. The number of alkyl halides is 2. The van der Waals surface area contributed by atoms with Gasteiger partial charge in [-0.15, -0.1) is 0 Å². The highest BCUT2D eigenvalue weighted by molar-refractivity contribution is 7.86. The molecule has 0 heterocycles. The largest absolute Gasteiger partial charge is 0.451 e. The van der Waals surface area contributed by atoms with Crippen molar-refractivity contribution in [1.29, 1.82) is 0 Å². The Kier molecular flexibility index (Phi) is 4.90. The van der Waals surface area contributed by atoms with E-state index in [1.165, 1.54) is 12.1 Å². The summed E-state index contributed by atoms with van der Waals surface area (Å²) in [4.78, 5) is 13.4. The van der Waals surface area contributed by atoms with Crippen LogP contribution in [-0.2, 0) is 14.9 Å². The second-order valence-corrected chi connectivity index (χ2v) is 6.02. The Morgan fingerprint density at radius 2 is 1.76 bits per heavy atom. The van der Waals surface area contributed by atoms with Crippen molar-refractivity contribution in [3.63, 3.8) is 0 Å². The maximum atomic E-state index is 13.2. The van der Waals surface area contributed by atoms with Gasteiger partial charge in [0.25, 0.3) is 0 Å². The highest BCUT2D eigenvalue weighted by Crippen LogP contribution is 2.27. The van der Waals surface area contributed by atoms with Crippen molar-refractivity contribution in [2.45, 2.75) is 18.3 Å². The molecule has 1 aromatic rings. The summed E-state index contributed by atoms with van der Waals surface area (Å²) in [7, 11) is -2.10. The van der Waals surface area contributed by atoms with Gasteiger partial charge in [0.05, 0.1) is 5.56 Å². The number of carbonyl (C=O) groups is 1. The van der Waals surface area contributed by atoms with Gasteiger partial charge < -0.3 is 9.64 Å². The van der Waals surface area contributed by atoms with Gasteiger partial charge in [0.15, 0.2) is 6.10 Å². The van der Waals surface area contributed by atoms with E-state index in [1.807, 2.05) is 0 Å². The average molecular weight is 323 g/mol. The third-order valence-electron chi connectivity index (χ3n) is 2.72. The Hall–Kier alpha value is -1.74.